The largest absolute Gasteiger partial charge is 0.370 e. The molecular formula is C13H22N4. The third-order valence-electron chi connectivity index (χ3n) is 3.42. The van der Waals surface area contributed by atoms with Gasteiger partial charge in [-0.1, -0.05) is 13.3 Å². The standard InChI is InChI=1S/C13H22N4/c1-10-4-5-11(8-10)9-15-12-6-7-14-13(16-12)17(2)3/h6-7,10-11H,4-5,8-9H2,1-3H3,(H,14,15,16). The molecule has 0 aliphatic heterocycles. The van der Waals surface area contributed by atoms with Crippen LogP contribution in [0.3, 0.4) is 0 Å². The van der Waals surface area contributed by atoms with Crippen LogP contribution in [-0.4, -0.2) is 30.6 Å². The lowest BCUT2D eigenvalue weighted by molar-refractivity contribution is 0.536. The molecule has 4 nitrogen and oxygen atoms in total. The van der Waals surface area contributed by atoms with E-state index in [2.05, 4.69) is 22.2 Å². The average molecular weight is 234 g/mol. The molecule has 94 valence electrons. The minimum absolute atomic E-state index is 0.759. The molecule has 1 heterocycles. The minimum atomic E-state index is 0.759. The number of aromatic nitrogens is 2. The molecule has 0 bridgehead atoms. The first-order valence-electron chi connectivity index (χ1n) is 6.39. The van der Waals surface area contributed by atoms with E-state index in [1.165, 1.54) is 19.3 Å². The van der Waals surface area contributed by atoms with Crippen LogP contribution >= 0.6 is 0 Å². The maximum absolute atomic E-state index is 4.46. The lowest BCUT2D eigenvalue weighted by Gasteiger charge is -2.14. The van der Waals surface area contributed by atoms with Crippen LogP contribution in [0.4, 0.5) is 11.8 Å². The lowest BCUT2D eigenvalue weighted by Crippen LogP contribution is -2.16. The van der Waals surface area contributed by atoms with Gasteiger partial charge < -0.3 is 10.2 Å². The van der Waals surface area contributed by atoms with Crippen molar-refractivity contribution in [3.8, 4) is 0 Å². The Labute approximate surface area is 103 Å². The van der Waals surface area contributed by atoms with E-state index in [0.717, 1.165) is 30.1 Å². The van der Waals surface area contributed by atoms with Crippen molar-refractivity contribution in [1.82, 2.24) is 9.97 Å². The zero-order chi connectivity index (χ0) is 12.3. The summed E-state index contributed by atoms with van der Waals surface area (Å²) < 4.78 is 0. The number of anilines is 2. The van der Waals surface area contributed by atoms with Crippen LogP contribution in [0.1, 0.15) is 26.2 Å². The van der Waals surface area contributed by atoms with Crippen molar-refractivity contribution in [1.29, 1.82) is 0 Å². The molecule has 2 rings (SSSR count). The molecule has 1 aliphatic carbocycles. The Morgan fingerprint density at radius 1 is 1.41 bits per heavy atom. The topological polar surface area (TPSA) is 41.1 Å². The molecule has 0 spiro atoms. The van der Waals surface area contributed by atoms with E-state index in [4.69, 9.17) is 0 Å². The van der Waals surface area contributed by atoms with Crippen molar-refractivity contribution < 1.29 is 0 Å². The van der Waals surface area contributed by atoms with E-state index >= 15 is 0 Å². The van der Waals surface area contributed by atoms with Crippen molar-refractivity contribution in [2.75, 3.05) is 30.9 Å². The van der Waals surface area contributed by atoms with Gasteiger partial charge in [-0.2, -0.15) is 4.98 Å². The van der Waals surface area contributed by atoms with E-state index in [1.54, 1.807) is 0 Å². The summed E-state index contributed by atoms with van der Waals surface area (Å²) in [6.07, 6.45) is 5.87. The van der Waals surface area contributed by atoms with Gasteiger partial charge in [0.2, 0.25) is 5.95 Å². The summed E-state index contributed by atoms with van der Waals surface area (Å²) in [6.45, 7) is 3.38. The maximum Gasteiger partial charge on any atom is 0.226 e. The van der Waals surface area contributed by atoms with Crippen LogP contribution in [0.2, 0.25) is 0 Å². The molecular weight excluding hydrogens is 212 g/mol. The van der Waals surface area contributed by atoms with E-state index in [0.29, 0.717) is 0 Å². The third-order valence-corrected chi connectivity index (χ3v) is 3.42. The molecule has 1 aliphatic rings. The third kappa shape index (κ3) is 3.32. The summed E-state index contributed by atoms with van der Waals surface area (Å²) in [6, 6.07) is 1.94. The van der Waals surface area contributed by atoms with Crippen molar-refractivity contribution in [2.45, 2.75) is 26.2 Å². The van der Waals surface area contributed by atoms with Crippen LogP contribution < -0.4 is 10.2 Å². The fourth-order valence-corrected chi connectivity index (χ4v) is 2.42. The molecule has 1 fully saturated rings. The van der Waals surface area contributed by atoms with Gasteiger partial charge in [0.25, 0.3) is 0 Å². The summed E-state index contributed by atoms with van der Waals surface area (Å²) in [5, 5.41) is 3.42. The fourth-order valence-electron chi connectivity index (χ4n) is 2.42. The van der Waals surface area contributed by atoms with Gasteiger partial charge in [-0.15, -0.1) is 0 Å². The molecule has 2 atom stereocenters. The Morgan fingerprint density at radius 3 is 2.88 bits per heavy atom. The molecule has 17 heavy (non-hydrogen) atoms. The van der Waals surface area contributed by atoms with Crippen LogP contribution in [-0.2, 0) is 0 Å². The maximum atomic E-state index is 4.46. The molecule has 4 heteroatoms. The molecule has 1 saturated carbocycles. The Balaban J connectivity index is 1.88. The first kappa shape index (κ1) is 12.1. The minimum Gasteiger partial charge on any atom is -0.370 e. The number of nitrogens with one attached hydrogen (secondary N) is 1. The van der Waals surface area contributed by atoms with Crippen LogP contribution in [0, 0.1) is 11.8 Å². The number of nitrogens with zero attached hydrogens (tertiary/aromatic N) is 3. The first-order chi connectivity index (χ1) is 8.15. The van der Waals surface area contributed by atoms with Crippen molar-refractivity contribution in [2.24, 2.45) is 11.8 Å². The predicted octanol–water partition coefficient (Wildman–Crippen LogP) is 2.39. The van der Waals surface area contributed by atoms with Crippen molar-refractivity contribution >= 4 is 11.8 Å². The second kappa shape index (κ2) is 5.34. The fraction of sp³-hybridized carbons (Fsp3) is 0.692. The summed E-state index contributed by atoms with van der Waals surface area (Å²) in [5.41, 5.74) is 0. The number of rotatable bonds is 4. The number of hydrogen-bond acceptors (Lipinski definition) is 4. The predicted molar refractivity (Wildman–Crippen MR) is 71.4 cm³/mol. The summed E-state index contributed by atoms with van der Waals surface area (Å²) in [4.78, 5) is 10.6. The Kier molecular flexibility index (Phi) is 3.82. The SMILES string of the molecule is CC1CCC(CNc2ccnc(N(C)C)n2)C1. The average Bonchev–Trinajstić information content (AvgIpc) is 2.73. The molecule has 0 aromatic carbocycles. The molecule has 0 amide bonds. The van der Waals surface area contributed by atoms with Crippen LogP contribution in [0.5, 0.6) is 0 Å². The Morgan fingerprint density at radius 2 is 2.24 bits per heavy atom. The highest BCUT2D eigenvalue weighted by atomic mass is 15.2. The van der Waals surface area contributed by atoms with Gasteiger partial charge in [-0.3, -0.25) is 0 Å². The molecule has 1 aromatic rings. The van der Waals surface area contributed by atoms with Gasteiger partial charge in [-0.05, 0) is 30.7 Å². The van der Waals surface area contributed by atoms with E-state index in [-0.39, 0.29) is 0 Å². The van der Waals surface area contributed by atoms with E-state index in [9.17, 15) is 0 Å². The van der Waals surface area contributed by atoms with E-state index < -0.39 is 0 Å². The molecule has 0 saturated heterocycles. The van der Waals surface area contributed by atoms with Crippen LogP contribution in [0.15, 0.2) is 12.3 Å². The molecule has 2 unspecified atom stereocenters. The normalized spacial score (nSPS) is 23.7. The summed E-state index contributed by atoms with van der Waals surface area (Å²) in [7, 11) is 3.91. The molecule has 1 aromatic heterocycles. The second-order valence-corrected chi connectivity index (χ2v) is 5.30. The van der Waals surface area contributed by atoms with E-state index in [1.807, 2.05) is 31.3 Å². The van der Waals surface area contributed by atoms with Gasteiger partial charge in [0.1, 0.15) is 5.82 Å². The zero-order valence-corrected chi connectivity index (χ0v) is 11.0. The van der Waals surface area contributed by atoms with Gasteiger partial charge in [-0.25, -0.2) is 4.98 Å². The first-order valence-corrected chi connectivity index (χ1v) is 6.39. The molecule has 0 radical (unpaired) electrons. The van der Waals surface area contributed by atoms with Crippen molar-refractivity contribution in [3.05, 3.63) is 12.3 Å². The smallest absolute Gasteiger partial charge is 0.226 e. The monoisotopic (exact) mass is 234 g/mol. The Hall–Kier alpha value is -1.32. The summed E-state index contributed by atoms with van der Waals surface area (Å²) in [5.74, 6) is 3.39. The van der Waals surface area contributed by atoms with Gasteiger partial charge >= 0.3 is 0 Å². The second-order valence-electron chi connectivity index (χ2n) is 5.30. The zero-order valence-electron chi connectivity index (χ0n) is 11.0. The highest BCUT2D eigenvalue weighted by molar-refractivity contribution is 5.40. The highest BCUT2D eigenvalue weighted by Gasteiger charge is 2.20. The van der Waals surface area contributed by atoms with Crippen molar-refractivity contribution in [3.63, 3.8) is 0 Å². The van der Waals surface area contributed by atoms with Gasteiger partial charge in [0, 0.05) is 26.8 Å². The number of hydrogen-bond donors (Lipinski definition) is 1. The molecule has 1 N–H and O–H groups in total. The highest BCUT2D eigenvalue weighted by Crippen LogP contribution is 2.30. The summed E-state index contributed by atoms with van der Waals surface area (Å²) >= 11 is 0. The quantitative estimate of drug-likeness (QED) is 0.868. The van der Waals surface area contributed by atoms with Gasteiger partial charge in [0.05, 0.1) is 0 Å². The Bertz CT molecular complexity index is 364. The van der Waals surface area contributed by atoms with Gasteiger partial charge in [0.15, 0.2) is 0 Å². The van der Waals surface area contributed by atoms with Crippen LogP contribution in [0.25, 0.3) is 0 Å². The lowest BCUT2D eigenvalue weighted by atomic mass is 10.1.